The van der Waals surface area contributed by atoms with Gasteiger partial charge in [0.2, 0.25) is 10.0 Å². The van der Waals surface area contributed by atoms with Gasteiger partial charge in [0.15, 0.2) is 0 Å². The summed E-state index contributed by atoms with van der Waals surface area (Å²) in [4.78, 5) is 29.1. The third kappa shape index (κ3) is 2.98. The Labute approximate surface area is 170 Å². The fourth-order valence-electron chi connectivity index (χ4n) is 5.70. The summed E-state index contributed by atoms with van der Waals surface area (Å²) < 4.78 is 29.4. The molecule has 0 amide bonds. The van der Waals surface area contributed by atoms with Gasteiger partial charge >= 0.3 is 5.69 Å². The average molecular weight is 421 g/mol. The maximum atomic E-state index is 13.4. The molecule has 1 aliphatic heterocycles. The van der Waals surface area contributed by atoms with Crippen molar-refractivity contribution in [3.05, 3.63) is 39.0 Å². The molecule has 0 unspecified atom stereocenters. The predicted molar refractivity (Wildman–Crippen MR) is 111 cm³/mol. The summed E-state index contributed by atoms with van der Waals surface area (Å²) in [6.07, 6.45) is 0.994. The summed E-state index contributed by atoms with van der Waals surface area (Å²) >= 11 is 0. The molecular formula is C20H28N4O4S. The van der Waals surface area contributed by atoms with Gasteiger partial charge in [-0.2, -0.15) is 4.31 Å². The van der Waals surface area contributed by atoms with Crippen LogP contribution in [0.25, 0.3) is 10.9 Å². The normalized spacial score (nSPS) is 26.6. The lowest BCUT2D eigenvalue weighted by Gasteiger charge is -2.57. The Balaban J connectivity index is 1.74. The van der Waals surface area contributed by atoms with E-state index in [1.165, 1.54) is 25.2 Å². The number of rotatable bonds is 4. The van der Waals surface area contributed by atoms with Gasteiger partial charge in [-0.05, 0) is 50.0 Å². The molecule has 0 spiro atoms. The third-order valence-corrected chi connectivity index (χ3v) is 8.52. The Morgan fingerprint density at radius 2 is 1.93 bits per heavy atom. The van der Waals surface area contributed by atoms with Gasteiger partial charge in [-0.3, -0.25) is 9.36 Å². The Kier molecular flexibility index (Phi) is 4.39. The monoisotopic (exact) mass is 420 g/mol. The number of fused-ring (bicyclic) bond motifs is 2. The molecule has 2 aliphatic rings. The number of hydrogen-bond donors (Lipinski definition) is 1. The highest BCUT2D eigenvalue weighted by atomic mass is 32.2. The molecule has 1 saturated carbocycles. The van der Waals surface area contributed by atoms with Crippen LogP contribution in [0.5, 0.6) is 0 Å². The van der Waals surface area contributed by atoms with Gasteiger partial charge in [-0.15, -0.1) is 0 Å². The number of hydrogen-bond acceptors (Lipinski definition) is 5. The molecule has 29 heavy (non-hydrogen) atoms. The minimum atomic E-state index is -3.75. The van der Waals surface area contributed by atoms with Gasteiger partial charge in [0, 0.05) is 32.1 Å². The molecule has 1 saturated heterocycles. The van der Waals surface area contributed by atoms with Crippen molar-refractivity contribution in [2.24, 2.45) is 23.8 Å². The number of sulfonamides is 1. The van der Waals surface area contributed by atoms with Crippen molar-refractivity contribution in [2.75, 3.05) is 33.7 Å². The van der Waals surface area contributed by atoms with Crippen molar-refractivity contribution in [3.8, 4) is 0 Å². The number of H-pyrrole nitrogens is 1. The predicted octanol–water partition coefficient (Wildman–Crippen LogP) is 0.825. The highest BCUT2D eigenvalue weighted by molar-refractivity contribution is 7.89. The van der Waals surface area contributed by atoms with E-state index in [9.17, 15) is 18.0 Å². The van der Waals surface area contributed by atoms with Gasteiger partial charge in [0.1, 0.15) is 0 Å². The van der Waals surface area contributed by atoms with Crippen LogP contribution in [0.3, 0.4) is 0 Å². The number of nitrogens with zero attached hydrogens (tertiary/aromatic N) is 3. The van der Waals surface area contributed by atoms with Gasteiger partial charge in [0.05, 0.1) is 15.8 Å². The van der Waals surface area contributed by atoms with Crippen LogP contribution in [0, 0.1) is 16.7 Å². The molecule has 2 aromatic rings. The van der Waals surface area contributed by atoms with E-state index < -0.39 is 21.3 Å². The second-order valence-corrected chi connectivity index (χ2v) is 11.6. The topological polar surface area (TPSA) is 95.5 Å². The fraction of sp³-hybridized carbons (Fsp3) is 0.600. The number of aromatic nitrogens is 2. The summed E-state index contributed by atoms with van der Waals surface area (Å²) in [5.74, 6) is 0.303. The van der Waals surface area contributed by atoms with Crippen LogP contribution < -0.4 is 11.2 Å². The van der Waals surface area contributed by atoms with Crippen molar-refractivity contribution >= 4 is 20.9 Å². The quantitative estimate of drug-likeness (QED) is 0.790. The molecule has 1 aliphatic carbocycles. The van der Waals surface area contributed by atoms with Crippen LogP contribution in [0.2, 0.25) is 0 Å². The highest BCUT2D eigenvalue weighted by Gasteiger charge is 2.64. The summed E-state index contributed by atoms with van der Waals surface area (Å²) in [6.45, 7) is 6.25. The highest BCUT2D eigenvalue weighted by Crippen LogP contribution is 2.63. The first-order valence-electron chi connectivity index (χ1n) is 9.75. The molecule has 1 N–H and O–H groups in total. The standard InChI is InChI=1S/C20H28N4O4S/c1-19(2)10-20(11-22(3)4)12-24(9-16(19)20)29(27,28)13-6-7-15-14(8-13)17(25)23(5)18(26)21-15/h6-8,16H,9-12H2,1-5H3,(H,21,26)/t16-,20+/m1/s1. The lowest BCUT2D eigenvalue weighted by Crippen LogP contribution is -2.57. The van der Waals surface area contributed by atoms with Crippen molar-refractivity contribution < 1.29 is 8.42 Å². The molecule has 9 heteroatoms. The lowest BCUT2D eigenvalue weighted by atomic mass is 9.48. The zero-order valence-corrected chi connectivity index (χ0v) is 18.3. The van der Waals surface area contributed by atoms with Crippen LogP contribution >= 0.6 is 0 Å². The SMILES string of the molecule is CN(C)C[C@@]12CN(S(=O)(=O)c3ccc4[nH]c(=O)n(C)c(=O)c4c3)C[C@@H]1C(C)(C)C2. The van der Waals surface area contributed by atoms with Crippen molar-refractivity contribution in [1.82, 2.24) is 18.8 Å². The summed E-state index contributed by atoms with van der Waals surface area (Å²) in [5.41, 5.74) is -0.615. The molecule has 1 aromatic heterocycles. The van der Waals surface area contributed by atoms with E-state index in [0.29, 0.717) is 24.5 Å². The smallest absolute Gasteiger partial charge is 0.309 e. The van der Waals surface area contributed by atoms with E-state index in [1.807, 2.05) is 14.1 Å². The molecule has 4 rings (SSSR count). The maximum absolute atomic E-state index is 13.4. The molecule has 0 radical (unpaired) electrons. The molecular weight excluding hydrogens is 392 g/mol. The van der Waals surface area contributed by atoms with Crippen LogP contribution in [0.1, 0.15) is 20.3 Å². The zero-order chi connectivity index (χ0) is 21.4. The minimum Gasteiger partial charge on any atom is -0.309 e. The van der Waals surface area contributed by atoms with E-state index in [4.69, 9.17) is 0 Å². The Morgan fingerprint density at radius 3 is 2.55 bits per heavy atom. The van der Waals surface area contributed by atoms with Gasteiger partial charge in [-0.1, -0.05) is 13.8 Å². The Hall–Kier alpha value is -1.97. The van der Waals surface area contributed by atoms with Crippen molar-refractivity contribution in [2.45, 2.75) is 25.2 Å². The fourth-order valence-corrected chi connectivity index (χ4v) is 7.27. The van der Waals surface area contributed by atoms with Crippen LogP contribution in [0.15, 0.2) is 32.7 Å². The first-order chi connectivity index (χ1) is 13.4. The second kappa shape index (κ2) is 6.26. The van der Waals surface area contributed by atoms with Gasteiger partial charge in [-0.25, -0.2) is 13.2 Å². The lowest BCUT2D eigenvalue weighted by molar-refractivity contribution is -0.0789. The zero-order valence-electron chi connectivity index (χ0n) is 17.5. The van der Waals surface area contributed by atoms with E-state index in [-0.39, 0.29) is 21.1 Å². The molecule has 8 nitrogen and oxygen atoms in total. The molecule has 0 bridgehead atoms. The van der Waals surface area contributed by atoms with Crippen LogP contribution in [0.4, 0.5) is 0 Å². The van der Waals surface area contributed by atoms with Gasteiger partial charge in [0.25, 0.3) is 5.56 Å². The van der Waals surface area contributed by atoms with E-state index >= 15 is 0 Å². The van der Waals surface area contributed by atoms with Crippen LogP contribution in [-0.2, 0) is 17.1 Å². The van der Waals surface area contributed by atoms with Gasteiger partial charge < -0.3 is 9.88 Å². The number of nitrogens with one attached hydrogen (secondary N) is 1. The van der Waals surface area contributed by atoms with E-state index in [0.717, 1.165) is 17.5 Å². The van der Waals surface area contributed by atoms with Crippen molar-refractivity contribution in [1.29, 1.82) is 0 Å². The van der Waals surface area contributed by atoms with E-state index in [2.05, 4.69) is 23.7 Å². The Morgan fingerprint density at radius 1 is 1.24 bits per heavy atom. The summed E-state index contributed by atoms with van der Waals surface area (Å²) in [5, 5.41) is 0.193. The second-order valence-electron chi connectivity index (χ2n) is 9.62. The number of benzene rings is 1. The molecule has 158 valence electrons. The Bertz CT molecular complexity index is 1210. The maximum Gasteiger partial charge on any atom is 0.328 e. The molecule has 2 fully saturated rings. The molecule has 2 heterocycles. The summed E-state index contributed by atoms with van der Waals surface area (Å²) in [6, 6.07) is 4.35. The van der Waals surface area contributed by atoms with Crippen molar-refractivity contribution in [3.63, 3.8) is 0 Å². The third-order valence-electron chi connectivity index (χ3n) is 6.71. The molecule has 1 aromatic carbocycles. The summed E-state index contributed by atoms with van der Waals surface area (Å²) in [7, 11) is 1.67. The van der Waals surface area contributed by atoms with Crippen LogP contribution in [-0.4, -0.2) is 60.9 Å². The average Bonchev–Trinajstić information content (AvgIpc) is 2.94. The largest absolute Gasteiger partial charge is 0.328 e. The first-order valence-corrected chi connectivity index (χ1v) is 11.2. The number of aromatic amines is 1. The molecule has 2 atom stereocenters. The minimum absolute atomic E-state index is 0.0295. The first kappa shape index (κ1) is 20.3. The van der Waals surface area contributed by atoms with E-state index in [1.54, 1.807) is 4.31 Å².